The summed E-state index contributed by atoms with van der Waals surface area (Å²) in [5, 5.41) is 14.8. The molecule has 2 unspecified atom stereocenters. The van der Waals surface area contributed by atoms with E-state index in [-0.39, 0.29) is 41.7 Å². The summed E-state index contributed by atoms with van der Waals surface area (Å²) in [6.07, 6.45) is 2.62. The average molecular weight is 527 g/mol. The Hall–Kier alpha value is -4.44. The van der Waals surface area contributed by atoms with Gasteiger partial charge in [0.15, 0.2) is 5.60 Å². The average Bonchev–Trinajstić information content (AvgIpc) is 3.29. The number of benzene rings is 1. The van der Waals surface area contributed by atoms with E-state index in [2.05, 4.69) is 10.3 Å². The second-order valence-electron chi connectivity index (χ2n) is 10.4. The summed E-state index contributed by atoms with van der Waals surface area (Å²) in [5.41, 5.74) is 2.48. The lowest BCUT2D eigenvalue weighted by Gasteiger charge is -2.29. The molecule has 10 heteroatoms. The molecular formula is C29H23FN4O5. The first-order valence-electron chi connectivity index (χ1n) is 12.7. The number of rotatable bonds is 2. The Morgan fingerprint density at radius 3 is 2.82 bits per heavy atom. The fraction of sp³-hybridized carbons (Fsp3) is 0.276. The summed E-state index contributed by atoms with van der Waals surface area (Å²) in [5.74, 6) is -1.55. The molecular weight excluding hydrogens is 503 g/mol. The molecule has 39 heavy (non-hydrogen) atoms. The topological polar surface area (TPSA) is 123 Å². The van der Waals surface area contributed by atoms with Gasteiger partial charge in [0, 0.05) is 28.8 Å². The van der Waals surface area contributed by atoms with E-state index in [0.717, 1.165) is 22.1 Å². The van der Waals surface area contributed by atoms with Crippen molar-refractivity contribution in [2.24, 2.45) is 0 Å². The Balaban J connectivity index is 1.47. The number of fused-ring (bicyclic) bond motifs is 5. The van der Waals surface area contributed by atoms with Crippen LogP contribution in [0.15, 0.2) is 41.3 Å². The van der Waals surface area contributed by atoms with Crippen molar-refractivity contribution in [3.05, 3.63) is 91.8 Å². The lowest BCUT2D eigenvalue weighted by atomic mass is 9.81. The fourth-order valence-electron chi connectivity index (χ4n) is 6.18. The van der Waals surface area contributed by atoms with E-state index in [1.807, 2.05) is 0 Å². The van der Waals surface area contributed by atoms with E-state index >= 15 is 4.39 Å². The standard InChI is InChI=1S/C29H23FN4O5/c1-13-14-6-7-19(33-26(35)20-5-3-4-8-31-20)24-15-11-34-22(25(15)32-21(23(14)24)10-18(13)30)9-17-16(27(34)36)12-39-28(37)29(17,2)38/h3-5,8-10,19,38H,6-7,11-12H2,1-2H3,(H,33,35). The number of halogens is 1. The third-order valence-corrected chi connectivity index (χ3v) is 8.21. The number of hydrogen-bond acceptors (Lipinski definition) is 7. The number of carbonyl (C=O) groups is 2. The fourth-order valence-corrected chi connectivity index (χ4v) is 6.18. The van der Waals surface area contributed by atoms with Crippen LogP contribution in [-0.4, -0.2) is 31.5 Å². The minimum Gasteiger partial charge on any atom is -0.458 e. The quantitative estimate of drug-likeness (QED) is 0.339. The predicted molar refractivity (Wildman–Crippen MR) is 137 cm³/mol. The first-order valence-corrected chi connectivity index (χ1v) is 12.7. The van der Waals surface area contributed by atoms with Crippen molar-refractivity contribution < 1.29 is 23.8 Å². The van der Waals surface area contributed by atoms with E-state index in [1.54, 1.807) is 37.4 Å². The molecule has 1 aliphatic carbocycles. The van der Waals surface area contributed by atoms with Crippen molar-refractivity contribution in [2.45, 2.75) is 51.5 Å². The van der Waals surface area contributed by atoms with Crippen LogP contribution in [0.1, 0.15) is 63.3 Å². The molecule has 0 saturated carbocycles. The molecule has 0 bridgehead atoms. The number of carbonyl (C=O) groups excluding carboxylic acids is 2. The van der Waals surface area contributed by atoms with E-state index in [1.165, 1.54) is 17.6 Å². The van der Waals surface area contributed by atoms with Gasteiger partial charge in [0.25, 0.3) is 11.5 Å². The van der Waals surface area contributed by atoms with Gasteiger partial charge in [-0.05, 0) is 61.6 Å². The Morgan fingerprint density at radius 2 is 2.05 bits per heavy atom. The van der Waals surface area contributed by atoms with Crippen LogP contribution in [0.4, 0.5) is 4.39 Å². The predicted octanol–water partition coefficient (Wildman–Crippen LogP) is 2.95. The number of nitrogens with zero attached hydrogens (tertiary/aromatic N) is 3. The van der Waals surface area contributed by atoms with Crippen LogP contribution in [0.25, 0.3) is 22.3 Å². The first kappa shape index (κ1) is 23.7. The minimum absolute atomic E-state index is 0.175. The van der Waals surface area contributed by atoms with Crippen LogP contribution in [0, 0.1) is 12.7 Å². The number of ether oxygens (including phenoxy) is 1. The van der Waals surface area contributed by atoms with E-state index in [4.69, 9.17) is 9.72 Å². The Bertz CT molecular complexity index is 1830. The number of pyridine rings is 3. The minimum atomic E-state index is -1.99. The van der Waals surface area contributed by atoms with Gasteiger partial charge in [-0.25, -0.2) is 14.2 Å². The highest BCUT2D eigenvalue weighted by molar-refractivity contribution is 5.96. The van der Waals surface area contributed by atoms with Crippen LogP contribution in [-0.2, 0) is 34.7 Å². The maximum Gasteiger partial charge on any atom is 0.342 e. The molecule has 0 radical (unpaired) electrons. The molecule has 2 atom stereocenters. The van der Waals surface area contributed by atoms with Gasteiger partial charge >= 0.3 is 5.97 Å². The molecule has 2 aliphatic heterocycles. The molecule has 1 aromatic carbocycles. The number of aromatic nitrogens is 3. The van der Waals surface area contributed by atoms with Gasteiger partial charge in [-0.1, -0.05) is 6.07 Å². The third-order valence-electron chi connectivity index (χ3n) is 8.21. The Kier molecular flexibility index (Phi) is 4.87. The maximum atomic E-state index is 15.0. The highest BCUT2D eigenvalue weighted by Gasteiger charge is 2.43. The maximum absolute atomic E-state index is 15.0. The lowest BCUT2D eigenvalue weighted by Crippen LogP contribution is -2.42. The van der Waals surface area contributed by atoms with E-state index in [9.17, 15) is 19.5 Å². The molecule has 3 aliphatic rings. The summed E-state index contributed by atoms with van der Waals surface area (Å²) < 4.78 is 21.6. The summed E-state index contributed by atoms with van der Waals surface area (Å²) in [7, 11) is 0. The van der Waals surface area contributed by atoms with Crippen molar-refractivity contribution in [3.8, 4) is 11.4 Å². The first-order chi connectivity index (χ1) is 18.7. The largest absolute Gasteiger partial charge is 0.458 e. The number of cyclic esters (lactones) is 1. The van der Waals surface area contributed by atoms with Crippen LogP contribution in [0.3, 0.4) is 0 Å². The van der Waals surface area contributed by atoms with Crippen molar-refractivity contribution in [1.82, 2.24) is 19.9 Å². The number of esters is 1. The smallest absolute Gasteiger partial charge is 0.342 e. The summed E-state index contributed by atoms with van der Waals surface area (Å²) in [6, 6.07) is 7.66. The molecule has 1 amide bonds. The third kappa shape index (κ3) is 3.24. The van der Waals surface area contributed by atoms with E-state index in [0.29, 0.717) is 35.3 Å². The van der Waals surface area contributed by atoms with Crippen molar-refractivity contribution >= 4 is 22.8 Å². The molecule has 0 spiro atoms. The van der Waals surface area contributed by atoms with Crippen molar-refractivity contribution in [3.63, 3.8) is 0 Å². The Labute approximate surface area is 221 Å². The zero-order chi connectivity index (χ0) is 27.2. The van der Waals surface area contributed by atoms with Gasteiger partial charge in [0.05, 0.1) is 35.1 Å². The molecule has 2 N–H and O–H groups in total. The number of aryl methyl sites for hydroxylation is 1. The van der Waals surface area contributed by atoms with Gasteiger partial charge in [0.2, 0.25) is 0 Å². The van der Waals surface area contributed by atoms with Gasteiger partial charge in [-0.3, -0.25) is 14.6 Å². The van der Waals surface area contributed by atoms with Crippen LogP contribution < -0.4 is 10.9 Å². The molecule has 196 valence electrons. The summed E-state index contributed by atoms with van der Waals surface area (Å²) >= 11 is 0. The SMILES string of the molecule is Cc1c(F)cc2nc3c(c4c2c1CCC4NC(=O)c1ccccn1)Cn1c-3cc2c(c1=O)COC(=O)C2(C)O. The number of hydrogen-bond donors (Lipinski definition) is 2. The molecule has 4 aromatic rings. The second-order valence-corrected chi connectivity index (χ2v) is 10.4. The number of nitrogens with one attached hydrogen (secondary N) is 1. The lowest BCUT2D eigenvalue weighted by molar-refractivity contribution is -0.169. The Morgan fingerprint density at radius 1 is 1.23 bits per heavy atom. The molecule has 7 rings (SSSR count). The van der Waals surface area contributed by atoms with Crippen LogP contribution in [0.2, 0.25) is 0 Å². The monoisotopic (exact) mass is 526 g/mol. The zero-order valence-electron chi connectivity index (χ0n) is 21.2. The van der Waals surface area contributed by atoms with Crippen LogP contribution in [0.5, 0.6) is 0 Å². The second kappa shape index (κ2) is 8.03. The highest BCUT2D eigenvalue weighted by Crippen LogP contribution is 2.45. The van der Waals surface area contributed by atoms with Gasteiger partial charge in [-0.2, -0.15) is 0 Å². The zero-order valence-corrected chi connectivity index (χ0v) is 21.2. The van der Waals surface area contributed by atoms with E-state index < -0.39 is 23.2 Å². The molecule has 3 aromatic heterocycles. The number of amides is 1. The summed E-state index contributed by atoms with van der Waals surface area (Å²) in [6.45, 7) is 2.97. The van der Waals surface area contributed by atoms with Crippen LogP contribution >= 0.6 is 0 Å². The molecule has 5 heterocycles. The molecule has 0 fully saturated rings. The van der Waals surface area contributed by atoms with Gasteiger partial charge in [0.1, 0.15) is 18.1 Å². The number of aliphatic hydroxyl groups is 1. The van der Waals surface area contributed by atoms with Crippen molar-refractivity contribution in [2.75, 3.05) is 0 Å². The molecule has 0 saturated heterocycles. The highest BCUT2D eigenvalue weighted by atomic mass is 19.1. The van der Waals surface area contributed by atoms with Gasteiger partial charge in [-0.15, -0.1) is 0 Å². The van der Waals surface area contributed by atoms with Gasteiger partial charge < -0.3 is 19.7 Å². The summed E-state index contributed by atoms with van der Waals surface area (Å²) in [4.78, 5) is 48.0. The van der Waals surface area contributed by atoms with Crippen molar-refractivity contribution in [1.29, 1.82) is 0 Å². The normalized spacial score (nSPS) is 20.7. The molecule has 9 nitrogen and oxygen atoms in total.